The van der Waals surface area contributed by atoms with Gasteiger partial charge in [0.25, 0.3) is 17.7 Å². The van der Waals surface area contributed by atoms with Crippen LogP contribution in [0.25, 0.3) is 11.6 Å². The normalized spacial score (nSPS) is 19.1. The molecule has 3 N–H and O–H groups in total. The summed E-state index contributed by atoms with van der Waals surface area (Å²) < 4.78 is 93.9. The number of pyridine rings is 1. The van der Waals surface area contributed by atoms with Crippen LogP contribution in [0.1, 0.15) is 53.2 Å². The first-order valence-corrected chi connectivity index (χ1v) is 11.7. The molecule has 3 aromatic rings. The summed E-state index contributed by atoms with van der Waals surface area (Å²) in [6.45, 7) is -0.308. The highest BCUT2D eigenvalue weighted by atomic mass is 19.4. The number of nitrogens with two attached hydrogens (primary N) is 1. The maximum Gasteiger partial charge on any atom is 0.426 e. The molecule has 4 rings (SSSR count). The van der Waals surface area contributed by atoms with Crippen LogP contribution in [0, 0.1) is 0 Å². The van der Waals surface area contributed by atoms with E-state index in [1.165, 1.54) is 7.11 Å². The number of nitrogen functional groups attached to an aromatic ring is 1. The van der Waals surface area contributed by atoms with E-state index >= 15 is 0 Å². The van der Waals surface area contributed by atoms with Gasteiger partial charge in [-0.25, -0.2) is 4.98 Å². The van der Waals surface area contributed by atoms with E-state index in [9.17, 15) is 36.2 Å². The minimum Gasteiger partial charge on any atom is -0.496 e. The van der Waals surface area contributed by atoms with Crippen molar-refractivity contribution in [1.82, 2.24) is 20.1 Å². The number of halogens is 6. The molecule has 210 valence electrons. The SMILES string of the molecule is COc1ccccc1CN1CCCCC[C@](O)(C(F)(F)F)c2nnc(o2)-c2nc(c(C(F)(F)F)cc2N)C1=O. The minimum absolute atomic E-state index is 0.0850. The Bertz CT molecular complexity index is 1360. The number of aliphatic hydroxyl groups is 1. The van der Waals surface area contributed by atoms with Crippen molar-refractivity contribution in [3.63, 3.8) is 0 Å². The fourth-order valence-electron chi connectivity index (χ4n) is 4.24. The molecule has 0 unspecified atom stereocenters. The number of nitrogens with zero attached hydrogens (tertiary/aromatic N) is 4. The summed E-state index contributed by atoms with van der Waals surface area (Å²) in [5, 5.41) is 17.2. The van der Waals surface area contributed by atoms with Crippen molar-refractivity contribution in [2.24, 2.45) is 0 Å². The zero-order chi connectivity index (χ0) is 28.6. The molecule has 3 heterocycles. The summed E-state index contributed by atoms with van der Waals surface area (Å²) in [6.07, 6.45) is -11.1. The summed E-state index contributed by atoms with van der Waals surface area (Å²) >= 11 is 0. The second-order valence-corrected chi connectivity index (χ2v) is 8.94. The van der Waals surface area contributed by atoms with Gasteiger partial charge in [0.15, 0.2) is 5.69 Å². The fraction of sp³-hybridized carbons (Fsp3) is 0.417. The van der Waals surface area contributed by atoms with Gasteiger partial charge < -0.3 is 24.9 Å². The van der Waals surface area contributed by atoms with E-state index in [1.54, 1.807) is 24.3 Å². The summed E-state index contributed by atoms with van der Waals surface area (Å²) in [7, 11) is 1.39. The number of rotatable bonds is 3. The van der Waals surface area contributed by atoms with Crippen LogP contribution >= 0.6 is 0 Å². The van der Waals surface area contributed by atoms with Crippen LogP contribution in [0.5, 0.6) is 5.75 Å². The molecule has 0 saturated carbocycles. The van der Waals surface area contributed by atoms with Crippen molar-refractivity contribution >= 4 is 11.6 Å². The molecule has 0 fully saturated rings. The number of amides is 1. The molecule has 39 heavy (non-hydrogen) atoms. The summed E-state index contributed by atoms with van der Waals surface area (Å²) in [5.41, 5.74) is -1.10. The number of ether oxygens (including phenoxy) is 1. The first kappa shape index (κ1) is 28.1. The molecule has 15 heteroatoms. The maximum absolute atomic E-state index is 14.0. The summed E-state index contributed by atoms with van der Waals surface area (Å²) in [6, 6.07) is 6.98. The number of hydrogen-bond donors (Lipinski definition) is 2. The number of benzene rings is 1. The number of carbonyl (C=O) groups is 1. The molecule has 1 amide bonds. The molecule has 1 aliphatic rings. The lowest BCUT2D eigenvalue weighted by Crippen LogP contribution is -2.42. The molecule has 0 spiro atoms. The van der Waals surface area contributed by atoms with Gasteiger partial charge in [0, 0.05) is 18.7 Å². The van der Waals surface area contributed by atoms with E-state index in [1.807, 2.05) is 0 Å². The molecule has 4 bridgehead atoms. The number of fused-ring (bicyclic) bond motifs is 5. The van der Waals surface area contributed by atoms with Crippen molar-refractivity contribution in [2.45, 2.75) is 50.2 Å². The van der Waals surface area contributed by atoms with Gasteiger partial charge in [0.1, 0.15) is 11.4 Å². The molecule has 2 aromatic heterocycles. The highest BCUT2D eigenvalue weighted by Gasteiger charge is 2.58. The van der Waals surface area contributed by atoms with E-state index < -0.39 is 64.7 Å². The first-order valence-electron chi connectivity index (χ1n) is 11.7. The maximum atomic E-state index is 14.0. The Kier molecular flexibility index (Phi) is 7.47. The smallest absolute Gasteiger partial charge is 0.426 e. The Labute approximate surface area is 217 Å². The molecule has 0 aliphatic carbocycles. The van der Waals surface area contributed by atoms with Crippen molar-refractivity contribution in [3.8, 4) is 17.3 Å². The van der Waals surface area contributed by atoms with Crippen molar-refractivity contribution in [2.75, 3.05) is 19.4 Å². The standard InChI is InChI=1S/C24H23F6N5O4/c1-38-16-8-4-3-7-13(16)12-35-10-6-2-5-9-22(37,24(28,29)30)21-34-33-19(39-21)18-15(31)11-14(23(25,26)27)17(32-18)20(35)36/h3-4,7-8,11,37H,2,5-6,9-10,12,31H2,1H3/t22-/m1/s1. The number of anilines is 1. The zero-order valence-electron chi connectivity index (χ0n) is 20.4. The average Bonchev–Trinajstić information content (AvgIpc) is 3.36. The lowest BCUT2D eigenvalue weighted by molar-refractivity contribution is -0.277. The van der Waals surface area contributed by atoms with Gasteiger partial charge >= 0.3 is 12.4 Å². The van der Waals surface area contributed by atoms with Crippen LogP contribution in [-0.2, 0) is 18.3 Å². The Hall–Kier alpha value is -3.88. The second kappa shape index (κ2) is 10.4. The third-order valence-corrected chi connectivity index (χ3v) is 6.32. The molecular formula is C24H23F6N5O4. The Morgan fingerprint density at radius 3 is 2.49 bits per heavy atom. The van der Waals surface area contributed by atoms with Crippen LogP contribution < -0.4 is 10.5 Å². The predicted molar refractivity (Wildman–Crippen MR) is 123 cm³/mol. The summed E-state index contributed by atoms with van der Waals surface area (Å²) in [4.78, 5) is 18.5. The monoisotopic (exact) mass is 559 g/mol. The van der Waals surface area contributed by atoms with Gasteiger partial charge in [0.2, 0.25) is 5.60 Å². The number of para-hydroxylation sites is 1. The number of methoxy groups -OCH3 is 1. The Morgan fingerprint density at radius 2 is 1.82 bits per heavy atom. The highest BCUT2D eigenvalue weighted by Crippen LogP contribution is 2.43. The quantitative estimate of drug-likeness (QED) is 0.442. The minimum atomic E-state index is -5.20. The van der Waals surface area contributed by atoms with Crippen molar-refractivity contribution < 1.29 is 45.4 Å². The van der Waals surface area contributed by atoms with E-state index in [-0.39, 0.29) is 32.4 Å². The van der Waals surface area contributed by atoms with Crippen LogP contribution in [0.3, 0.4) is 0 Å². The van der Waals surface area contributed by atoms with E-state index in [0.29, 0.717) is 17.4 Å². The Balaban J connectivity index is 1.88. The van der Waals surface area contributed by atoms with E-state index in [4.69, 9.17) is 14.9 Å². The topological polar surface area (TPSA) is 128 Å². The first-order chi connectivity index (χ1) is 18.3. The molecule has 9 nitrogen and oxygen atoms in total. The number of carbonyl (C=O) groups excluding carboxylic acids is 1. The lowest BCUT2D eigenvalue weighted by atomic mass is 9.95. The molecule has 0 saturated heterocycles. The molecule has 0 radical (unpaired) electrons. The molecular weight excluding hydrogens is 536 g/mol. The largest absolute Gasteiger partial charge is 0.496 e. The Morgan fingerprint density at radius 1 is 1.10 bits per heavy atom. The van der Waals surface area contributed by atoms with Gasteiger partial charge in [0.05, 0.1) is 18.4 Å². The number of aromatic nitrogens is 3. The fourth-order valence-corrected chi connectivity index (χ4v) is 4.24. The van der Waals surface area contributed by atoms with Crippen LogP contribution in [0.2, 0.25) is 0 Å². The van der Waals surface area contributed by atoms with Gasteiger partial charge in [-0.2, -0.15) is 26.3 Å². The highest BCUT2D eigenvalue weighted by molar-refractivity contribution is 5.95. The zero-order valence-corrected chi connectivity index (χ0v) is 20.4. The molecule has 1 aromatic carbocycles. The van der Waals surface area contributed by atoms with Gasteiger partial charge in [-0.05, 0) is 31.4 Å². The van der Waals surface area contributed by atoms with Crippen molar-refractivity contribution in [3.05, 3.63) is 53.0 Å². The number of hydrogen-bond acceptors (Lipinski definition) is 8. The average molecular weight is 559 g/mol. The molecule has 1 aliphatic heterocycles. The van der Waals surface area contributed by atoms with Crippen LogP contribution in [0.4, 0.5) is 32.0 Å². The predicted octanol–water partition coefficient (Wildman–Crippen LogP) is 4.71. The van der Waals surface area contributed by atoms with Crippen molar-refractivity contribution in [1.29, 1.82) is 0 Å². The third kappa shape index (κ3) is 5.48. The third-order valence-electron chi connectivity index (χ3n) is 6.32. The second-order valence-electron chi connectivity index (χ2n) is 8.94. The summed E-state index contributed by atoms with van der Waals surface area (Å²) in [5.74, 6) is -2.73. The van der Waals surface area contributed by atoms with Crippen LogP contribution in [0.15, 0.2) is 34.7 Å². The lowest BCUT2D eigenvalue weighted by Gasteiger charge is -2.28. The number of alkyl halides is 6. The van der Waals surface area contributed by atoms with Crippen LogP contribution in [-0.4, -0.2) is 50.9 Å². The van der Waals surface area contributed by atoms with E-state index in [0.717, 1.165) is 4.90 Å². The molecule has 1 atom stereocenters. The van der Waals surface area contributed by atoms with Gasteiger partial charge in [-0.3, -0.25) is 4.79 Å². The van der Waals surface area contributed by atoms with E-state index in [2.05, 4.69) is 15.2 Å². The van der Waals surface area contributed by atoms with Gasteiger partial charge in [-0.1, -0.05) is 24.6 Å². The van der Waals surface area contributed by atoms with Gasteiger partial charge in [-0.15, -0.1) is 10.2 Å².